The van der Waals surface area contributed by atoms with Crippen molar-refractivity contribution >= 4 is 52.1 Å². The number of benzene rings is 4. The summed E-state index contributed by atoms with van der Waals surface area (Å²) in [7, 11) is 0. The van der Waals surface area contributed by atoms with Crippen molar-refractivity contribution in [3.63, 3.8) is 0 Å². The molecule has 1 N–H and O–H groups in total. The second-order valence-corrected chi connectivity index (χ2v) is 10.7. The van der Waals surface area contributed by atoms with E-state index in [1.807, 2.05) is 43.3 Å². The first-order valence-corrected chi connectivity index (χ1v) is 13.5. The predicted octanol–water partition coefficient (Wildman–Crippen LogP) is 9.49. The highest BCUT2D eigenvalue weighted by Gasteiger charge is 2.23. The monoisotopic (exact) mass is 571 g/mol. The zero-order valence-electron chi connectivity index (χ0n) is 20.2. The van der Waals surface area contributed by atoms with E-state index in [1.54, 1.807) is 6.07 Å². The lowest BCUT2D eigenvalue weighted by molar-refractivity contribution is 0.217. The van der Waals surface area contributed by atoms with E-state index in [1.165, 1.54) is 11.1 Å². The van der Waals surface area contributed by atoms with Crippen molar-refractivity contribution in [1.82, 2.24) is 0 Å². The molecule has 0 aromatic heterocycles. The number of hydrogen-bond acceptors (Lipinski definition) is 3. The first-order chi connectivity index (χ1) is 17.9. The van der Waals surface area contributed by atoms with Crippen molar-refractivity contribution in [2.75, 3.05) is 25.1 Å². The minimum atomic E-state index is 0.344. The molecular formula is C30H25Cl4NO2. The average Bonchev–Trinajstić information content (AvgIpc) is 3.27. The van der Waals surface area contributed by atoms with E-state index in [4.69, 9.17) is 55.9 Å². The lowest BCUT2D eigenvalue weighted by atomic mass is 9.92. The highest BCUT2D eigenvalue weighted by molar-refractivity contribution is 6.43. The highest BCUT2D eigenvalue weighted by Crippen LogP contribution is 2.40. The zero-order chi connectivity index (χ0) is 25.9. The summed E-state index contributed by atoms with van der Waals surface area (Å²) in [6.45, 7) is 3.56. The van der Waals surface area contributed by atoms with Crippen molar-refractivity contribution in [3.8, 4) is 22.6 Å². The van der Waals surface area contributed by atoms with Crippen LogP contribution in [0.1, 0.15) is 22.6 Å². The molecule has 1 atom stereocenters. The molecule has 190 valence electrons. The molecule has 3 nitrogen and oxygen atoms in total. The van der Waals surface area contributed by atoms with Crippen LogP contribution < -0.4 is 14.8 Å². The zero-order valence-corrected chi connectivity index (χ0v) is 23.2. The molecule has 1 aliphatic rings. The minimum absolute atomic E-state index is 0.344. The number of ether oxygens (including phenoxy) is 2. The van der Waals surface area contributed by atoms with E-state index in [0.29, 0.717) is 45.0 Å². The Labute approximate surface area is 237 Å². The Morgan fingerprint density at radius 3 is 2.30 bits per heavy atom. The average molecular weight is 573 g/mol. The van der Waals surface area contributed by atoms with Gasteiger partial charge in [0.1, 0.15) is 19.0 Å². The molecule has 0 bridgehead atoms. The Hall–Kier alpha value is -2.56. The fraction of sp³-hybridized carbons (Fsp3) is 0.200. The molecule has 37 heavy (non-hydrogen) atoms. The number of aryl methyl sites for hydroxylation is 1. The van der Waals surface area contributed by atoms with Crippen molar-refractivity contribution < 1.29 is 9.47 Å². The number of anilines is 1. The summed E-state index contributed by atoms with van der Waals surface area (Å²) >= 11 is 25.1. The molecule has 1 aliphatic heterocycles. The molecule has 1 unspecified atom stereocenters. The summed E-state index contributed by atoms with van der Waals surface area (Å²) in [5.41, 5.74) is 6.69. The molecule has 5 rings (SSSR count). The summed E-state index contributed by atoms with van der Waals surface area (Å²) < 4.78 is 11.6. The van der Waals surface area contributed by atoms with Crippen LogP contribution in [0.2, 0.25) is 20.1 Å². The van der Waals surface area contributed by atoms with Crippen LogP contribution in [0.5, 0.6) is 11.5 Å². The van der Waals surface area contributed by atoms with Gasteiger partial charge in [0.05, 0.1) is 20.1 Å². The summed E-state index contributed by atoms with van der Waals surface area (Å²) in [6.07, 6.45) is 0.936. The first-order valence-electron chi connectivity index (χ1n) is 12.0. The van der Waals surface area contributed by atoms with Crippen LogP contribution in [-0.2, 0) is 6.42 Å². The Morgan fingerprint density at radius 1 is 0.811 bits per heavy atom. The molecule has 7 heteroatoms. The fourth-order valence-electron chi connectivity index (χ4n) is 4.62. The maximum Gasteiger partial charge on any atom is 0.156 e. The topological polar surface area (TPSA) is 30.5 Å². The second kappa shape index (κ2) is 11.4. The fourth-order valence-corrected chi connectivity index (χ4v) is 5.73. The predicted molar refractivity (Wildman–Crippen MR) is 155 cm³/mol. The molecule has 0 spiro atoms. The van der Waals surface area contributed by atoms with Crippen molar-refractivity contribution in [2.45, 2.75) is 19.3 Å². The van der Waals surface area contributed by atoms with Crippen LogP contribution in [0.15, 0.2) is 72.8 Å². The normalized spacial score (nSPS) is 14.2. The molecule has 0 aliphatic carbocycles. The number of rotatable bonds is 8. The first kappa shape index (κ1) is 26.1. The number of nitrogens with one attached hydrogen (secondary N) is 1. The van der Waals surface area contributed by atoms with Crippen LogP contribution in [-0.4, -0.2) is 19.8 Å². The molecular weight excluding hydrogens is 548 g/mol. The Kier molecular flexibility index (Phi) is 8.07. The largest absolute Gasteiger partial charge is 0.490 e. The van der Waals surface area contributed by atoms with Gasteiger partial charge in [0.25, 0.3) is 0 Å². The van der Waals surface area contributed by atoms with Crippen molar-refractivity contribution in [1.29, 1.82) is 0 Å². The molecule has 0 fully saturated rings. The van der Waals surface area contributed by atoms with Gasteiger partial charge >= 0.3 is 0 Å². The maximum atomic E-state index is 6.43. The van der Waals surface area contributed by atoms with Gasteiger partial charge in [0, 0.05) is 23.7 Å². The smallest absolute Gasteiger partial charge is 0.156 e. The van der Waals surface area contributed by atoms with Gasteiger partial charge in [0.2, 0.25) is 0 Å². The van der Waals surface area contributed by atoms with E-state index in [-0.39, 0.29) is 0 Å². The van der Waals surface area contributed by atoms with E-state index in [0.717, 1.165) is 41.1 Å². The van der Waals surface area contributed by atoms with E-state index >= 15 is 0 Å². The van der Waals surface area contributed by atoms with Gasteiger partial charge in [-0.15, -0.1) is 0 Å². The quantitative estimate of drug-likeness (QED) is 0.213. The third-order valence-corrected chi connectivity index (χ3v) is 7.82. The minimum Gasteiger partial charge on any atom is -0.490 e. The van der Waals surface area contributed by atoms with Crippen molar-refractivity contribution in [2.24, 2.45) is 0 Å². The van der Waals surface area contributed by atoms with Crippen LogP contribution in [0.3, 0.4) is 0 Å². The van der Waals surface area contributed by atoms with Gasteiger partial charge in [-0.1, -0.05) is 82.8 Å². The summed E-state index contributed by atoms with van der Waals surface area (Å²) in [6, 6.07) is 24.0. The SMILES string of the molecule is Cc1cc(Cl)c(OCCOc2ccc(CC3CNc4cc(-c5cccc(Cl)c5Cl)ccc43)cc2)c(Cl)c1. The molecule has 0 saturated carbocycles. The summed E-state index contributed by atoms with van der Waals surface area (Å²) in [5, 5.41) is 5.69. The Morgan fingerprint density at radius 2 is 1.54 bits per heavy atom. The summed E-state index contributed by atoms with van der Waals surface area (Å²) in [5.74, 6) is 1.67. The van der Waals surface area contributed by atoms with Gasteiger partial charge in [-0.2, -0.15) is 0 Å². The van der Waals surface area contributed by atoms with Gasteiger partial charge < -0.3 is 14.8 Å². The summed E-state index contributed by atoms with van der Waals surface area (Å²) in [4.78, 5) is 0. The third kappa shape index (κ3) is 5.97. The molecule has 0 radical (unpaired) electrons. The Bertz CT molecular complexity index is 1400. The van der Waals surface area contributed by atoms with E-state index < -0.39 is 0 Å². The van der Waals surface area contributed by atoms with Gasteiger partial charge in [-0.05, 0) is 72.0 Å². The standard InChI is InChI=1S/C30H25Cl4NO2/c1-18-13-26(32)30(27(33)14-18)37-12-11-36-22-8-5-19(6-9-22)15-21-17-35-28-16-20(7-10-23(21)28)24-3-2-4-25(31)29(24)34/h2-10,13-14,16,21,35H,11-12,15,17H2,1H3. The van der Waals surface area contributed by atoms with Gasteiger partial charge in [0.15, 0.2) is 5.75 Å². The third-order valence-electron chi connectivity index (χ3n) is 6.44. The van der Waals surface area contributed by atoms with Crippen molar-refractivity contribution in [3.05, 3.63) is 110 Å². The van der Waals surface area contributed by atoms with E-state index in [9.17, 15) is 0 Å². The molecule has 1 heterocycles. The van der Waals surface area contributed by atoms with E-state index in [2.05, 4.69) is 35.6 Å². The van der Waals surface area contributed by atoms with Crippen LogP contribution >= 0.6 is 46.4 Å². The van der Waals surface area contributed by atoms with Gasteiger partial charge in [-0.25, -0.2) is 0 Å². The molecule has 0 saturated heterocycles. The molecule has 4 aromatic carbocycles. The number of halogens is 4. The molecule has 4 aromatic rings. The number of hydrogen-bond donors (Lipinski definition) is 1. The van der Waals surface area contributed by atoms with Gasteiger partial charge in [-0.3, -0.25) is 0 Å². The lowest BCUT2D eigenvalue weighted by Gasteiger charge is -2.13. The molecule has 0 amide bonds. The number of fused-ring (bicyclic) bond motifs is 1. The van der Waals surface area contributed by atoms with Crippen LogP contribution in [0.4, 0.5) is 5.69 Å². The maximum absolute atomic E-state index is 6.43. The Balaban J connectivity index is 1.16. The second-order valence-electron chi connectivity index (χ2n) is 9.08. The van der Waals surface area contributed by atoms with Crippen LogP contribution in [0.25, 0.3) is 11.1 Å². The lowest BCUT2D eigenvalue weighted by Crippen LogP contribution is -2.09. The van der Waals surface area contributed by atoms with Crippen LogP contribution in [0, 0.1) is 6.92 Å². The highest BCUT2D eigenvalue weighted by atomic mass is 35.5.